The van der Waals surface area contributed by atoms with Crippen molar-refractivity contribution in [1.82, 2.24) is 0 Å². The minimum Gasteiger partial charge on any atom is -0.326 e. The standard InChI is InChI=1S/C10H12ClNS/c11-9-5-7(6-12)1-4-10(9)13-8-2-3-8/h1,4-5,8H,2-3,6,12H2. The summed E-state index contributed by atoms with van der Waals surface area (Å²) in [5, 5.41) is 1.65. The average Bonchev–Trinajstić information content (AvgIpc) is 2.92. The molecule has 0 saturated heterocycles. The first-order valence-corrected chi connectivity index (χ1v) is 5.70. The summed E-state index contributed by atoms with van der Waals surface area (Å²) in [6, 6.07) is 6.09. The second-order valence-electron chi connectivity index (χ2n) is 3.29. The van der Waals surface area contributed by atoms with Gasteiger partial charge in [-0.15, -0.1) is 11.8 Å². The largest absolute Gasteiger partial charge is 0.326 e. The summed E-state index contributed by atoms with van der Waals surface area (Å²) in [5.41, 5.74) is 6.62. The van der Waals surface area contributed by atoms with Gasteiger partial charge in [-0.3, -0.25) is 0 Å². The molecule has 2 N–H and O–H groups in total. The summed E-state index contributed by atoms with van der Waals surface area (Å²) in [6.45, 7) is 0.564. The van der Waals surface area contributed by atoms with Crippen LogP contribution >= 0.6 is 23.4 Å². The van der Waals surface area contributed by atoms with Gasteiger partial charge in [0.1, 0.15) is 0 Å². The van der Waals surface area contributed by atoms with Gasteiger partial charge in [-0.1, -0.05) is 17.7 Å². The Balaban J connectivity index is 2.15. The van der Waals surface area contributed by atoms with Crippen LogP contribution in [0.15, 0.2) is 23.1 Å². The molecule has 2 rings (SSSR count). The zero-order chi connectivity index (χ0) is 9.26. The topological polar surface area (TPSA) is 26.0 Å². The number of benzene rings is 1. The van der Waals surface area contributed by atoms with Crippen LogP contribution in [0, 0.1) is 0 Å². The molecular formula is C10H12ClNS. The van der Waals surface area contributed by atoms with Gasteiger partial charge in [0.25, 0.3) is 0 Å². The Bertz CT molecular complexity index is 310. The first kappa shape index (κ1) is 9.38. The monoisotopic (exact) mass is 213 g/mol. The molecule has 0 spiro atoms. The molecule has 0 amide bonds. The van der Waals surface area contributed by atoms with Crippen molar-refractivity contribution in [2.75, 3.05) is 0 Å². The number of hydrogen-bond acceptors (Lipinski definition) is 2. The third-order valence-corrected chi connectivity index (χ3v) is 3.89. The van der Waals surface area contributed by atoms with Crippen LogP contribution in [0.5, 0.6) is 0 Å². The van der Waals surface area contributed by atoms with Crippen LogP contribution in [-0.2, 0) is 6.54 Å². The lowest BCUT2D eigenvalue weighted by Crippen LogP contribution is -1.95. The smallest absolute Gasteiger partial charge is 0.0545 e. The molecule has 1 nitrogen and oxygen atoms in total. The first-order valence-electron chi connectivity index (χ1n) is 4.45. The fourth-order valence-corrected chi connectivity index (χ4v) is 2.52. The van der Waals surface area contributed by atoms with E-state index < -0.39 is 0 Å². The van der Waals surface area contributed by atoms with E-state index in [0.29, 0.717) is 6.54 Å². The van der Waals surface area contributed by atoms with Crippen LogP contribution < -0.4 is 5.73 Å². The zero-order valence-corrected chi connectivity index (χ0v) is 8.87. The molecule has 0 atom stereocenters. The summed E-state index contributed by atoms with van der Waals surface area (Å²) in [6.07, 6.45) is 2.67. The van der Waals surface area contributed by atoms with Gasteiger partial charge < -0.3 is 5.73 Å². The van der Waals surface area contributed by atoms with Crippen molar-refractivity contribution >= 4 is 23.4 Å². The fourth-order valence-electron chi connectivity index (χ4n) is 1.13. The minimum atomic E-state index is 0.564. The van der Waals surface area contributed by atoms with Crippen molar-refractivity contribution in [1.29, 1.82) is 0 Å². The molecule has 0 unspecified atom stereocenters. The van der Waals surface area contributed by atoms with Crippen LogP contribution in [0.1, 0.15) is 18.4 Å². The van der Waals surface area contributed by atoms with Crippen molar-refractivity contribution < 1.29 is 0 Å². The third-order valence-electron chi connectivity index (χ3n) is 2.05. The molecule has 0 bridgehead atoms. The van der Waals surface area contributed by atoms with E-state index in [1.165, 1.54) is 17.7 Å². The predicted molar refractivity (Wildman–Crippen MR) is 58.2 cm³/mol. The van der Waals surface area contributed by atoms with Crippen molar-refractivity contribution in [2.24, 2.45) is 5.73 Å². The predicted octanol–water partition coefficient (Wildman–Crippen LogP) is 3.05. The Morgan fingerprint density at radius 3 is 2.77 bits per heavy atom. The lowest BCUT2D eigenvalue weighted by molar-refractivity contribution is 1.07. The molecule has 1 aliphatic carbocycles. The Labute approximate surface area is 87.7 Å². The summed E-state index contributed by atoms with van der Waals surface area (Å²) >= 11 is 7.99. The van der Waals surface area contributed by atoms with Crippen molar-refractivity contribution in [3.8, 4) is 0 Å². The molecule has 1 aliphatic rings. The molecule has 1 fully saturated rings. The third kappa shape index (κ3) is 2.39. The highest BCUT2D eigenvalue weighted by molar-refractivity contribution is 8.00. The van der Waals surface area contributed by atoms with E-state index in [2.05, 4.69) is 12.1 Å². The van der Waals surface area contributed by atoms with Crippen molar-refractivity contribution in [2.45, 2.75) is 29.5 Å². The number of thioether (sulfide) groups is 1. The minimum absolute atomic E-state index is 0.564. The summed E-state index contributed by atoms with van der Waals surface area (Å²) in [7, 11) is 0. The fraction of sp³-hybridized carbons (Fsp3) is 0.400. The Morgan fingerprint density at radius 2 is 2.23 bits per heavy atom. The molecule has 1 aromatic carbocycles. The normalized spacial score (nSPS) is 16.2. The maximum atomic E-state index is 6.10. The van der Waals surface area contributed by atoms with E-state index in [1.807, 2.05) is 17.8 Å². The van der Waals surface area contributed by atoms with E-state index in [4.69, 9.17) is 17.3 Å². The molecule has 0 aromatic heterocycles. The van der Waals surface area contributed by atoms with Gasteiger partial charge in [0, 0.05) is 16.7 Å². The van der Waals surface area contributed by atoms with Gasteiger partial charge in [0.05, 0.1) is 5.02 Å². The number of nitrogens with two attached hydrogens (primary N) is 1. The highest BCUT2D eigenvalue weighted by Crippen LogP contribution is 2.41. The van der Waals surface area contributed by atoms with E-state index >= 15 is 0 Å². The van der Waals surface area contributed by atoms with E-state index in [-0.39, 0.29) is 0 Å². The Morgan fingerprint density at radius 1 is 1.46 bits per heavy atom. The molecule has 0 radical (unpaired) electrons. The van der Waals surface area contributed by atoms with Crippen LogP contribution in [0.3, 0.4) is 0 Å². The van der Waals surface area contributed by atoms with Gasteiger partial charge >= 0.3 is 0 Å². The highest BCUT2D eigenvalue weighted by Gasteiger charge is 2.23. The molecule has 0 aliphatic heterocycles. The van der Waals surface area contributed by atoms with Gasteiger partial charge in [-0.25, -0.2) is 0 Å². The molecule has 13 heavy (non-hydrogen) atoms. The summed E-state index contributed by atoms with van der Waals surface area (Å²) in [4.78, 5) is 1.20. The number of halogens is 1. The van der Waals surface area contributed by atoms with Gasteiger partial charge in [-0.2, -0.15) is 0 Å². The molecule has 1 aromatic rings. The molecule has 70 valence electrons. The first-order chi connectivity index (χ1) is 6.29. The number of rotatable bonds is 3. The van der Waals surface area contributed by atoms with Crippen molar-refractivity contribution in [3.05, 3.63) is 28.8 Å². The quantitative estimate of drug-likeness (QED) is 0.836. The number of hydrogen-bond donors (Lipinski definition) is 1. The van der Waals surface area contributed by atoms with Crippen LogP contribution in [0.2, 0.25) is 5.02 Å². The lowest BCUT2D eigenvalue weighted by Gasteiger charge is -2.04. The Hall–Kier alpha value is -0.180. The van der Waals surface area contributed by atoms with Gasteiger partial charge in [0.15, 0.2) is 0 Å². The maximum Gasteiger partial charge on any atom is 0.0545 e. The molecule has 1 saturated carbocycles. The van der Waals surface area contributed by atoms with E-state index in [0.717, 1.165) is 15.8 Å². The SMILES string of the molecule is NCc1ccc(SC2CC2)c(Cl)c1. The van der Waals surface area contributed by atoms with E-state index in [1.54, 1.807) is 0 Å². The summed E-state index contributed by atoms with van der Waals surface area (Å²) < 4.78 is 0. The van der Waals surface area contributed by atoms with Crippen LogP contribution in [0.25, 0.3) is 0 Å². The average molecular weight is 214 g/mol. The summed E-state index contributed by atoms with van der Waals surface area (Å²) in [5.74, 6) is 0. The van der Waals surface area contributed by atoms with E-state index in [9.17, 15) is 0 Å². The lowest BCUT2D eigenvalue weighted by atomic mass is 10.2. The molecule has 3 heteroatoms. The van der Waals surface area contributed by atoms with Crippen LogP contribution in [0.4, 0.5) is 0 Å². The maximum absolute atomic E-state index is 6.10. The van der Waals surface area contributed by atoms with Crippen molar-refractivity contribution in [3.63, 3.8) is 0 Å². The highest BCUT2D eigenvalue weighted by atomic mass is 35.5. The van der Waals surface area contributed by atoms with Gasteiger partial charge in [0.2, 0.25) is 0 Å². The Kier molecular flexibility index (Phi) is 2.82. The second-order valence-corrected chi connectivity index (χ2v) is 5.04. The van der Waals surface area contributed by atoms with Gasteiger partial charge in [-0.05, 0) is 30.5 Å². The van der Waals surface area contributed by atoms with Crippen LogP contribution in [-0.4, -0.2) is 5.25 Å². The second kappa shape index (κ2) is 3.91. The molecular weight excluding hydrogens is 202 g/mol. The molecule has 0 heterocycles. The zero-order valence-electron chi connectivity index (χ0n) is 7.29.